The van der Waals surface area contributed by atoms with E-state index in [1.807, 2.05) is 79.7 Å². The second-order valence-corrected chi connectivity index (χ2v) is 6.07. The molecule has 0 atom stereocenters. The van der Waals surface area contributed by atoms with Crippen molar-refractivity contribution in [3.8, 4) is 0 Å². The normalized spacial score (nSPS) is 10.4. The van der Waals surface area contributed by atoms with Crippen molar-refractivity contribution in [2.75, 3.05) is 0 Å². The number of carbonyl (C=O) groups excluding carboxylic acids is 2. The predicted octanol–water partition coefficient (Wildman–Crippen LogP) is 3.59. The first kappa shape index (κ1) is 17.4. The molecule has 4 nitrogen and oxygen atoms in total. The maximum absolute atomic E-state index is 12.8. The third-order valence-corrected chi connectivity index (χ3v) is 4.11. The molecule has 4 heteroatoms. The minimum Gasteiger partial charge on any atom is -0.272 e. The highest BCUT2D eigenvalue weighted by atomic mass is 16.2. The largest absolute Gasteiger partial charge is 0.272 e. The van der Waals surface area contributed by atoms with Crippen molar-refractivity contribution in [2.45, 2.75) is 12.8 Å². The number of hydrogen-bond acceptors (Lipinski definition) is 2. The Morgan fingerprint density at radius 1 is 0.731 bits per heavy atom. The fourth-order valence-corrected chi connectivity index (χ4v) is 2.84. The highest BCUT2D eigenvalue weighted by Gasteiger charge is 2.23. The first-order valence-electron chi connectivity index (χ1n) is 8.42. The lowest BCUT2D eigenvalue weighted by atomic mass is 9.91. The summed E-state index contributed by atoms with van der Waals surface area (Å²) in [5.74, 6) is -1.14. The van der Waals surface area contributed by atoms with E-state index >= 15 is 0 Å². The molecule has 0 aliphatic heterocycles. The molecule has 0 bridgehead atoms. The smallest absolute Gasteiger partial charge is 0.269 e. The molecule has 2 amide bonds. The van der Waals surface area contributed by atoms with Gasteiger partial charge in [-0.1, -0.05) is 78.4 Å². The highest BCUT2D eigenvalue weighted by Crippen LogP contribution is 2.24. The van der Waals surface area contributed by atoms with Gasteiger partial charge >= 0.3 is 0 Å². The van der Waals surface area contributed by atoms with Crippen LogP contribution in [0.15, 0.2) is 84.9 Å². The lowest BCUT2D eigenvalue weighted by molar-refractivity contribution is -0.122. The standard InChI is InChI=1S/C22H20N2O2/c1-16-9-8-14-19(15-16)21(25)23-24-22(26)20(17-10-4-2-5-11-17)18-12-6-3-7-13-18/h2-15,20H,1H3,(H,23,25)(H,24,26). The molecule has 0 aliphatic rings. The predicted molar refractivity (Wildman–Crippen MR) is 102 cm³/mol. The van der Waals surface area contributed by atoms with E-state index in [9.17, 15) is 9.59 Å². The molecule has 0 radical (unpaired) electrons. The second kappa shape index (κ2) is 8.12. The average molecular weight is 344 g/mol. The Hall–Kier alpha value is -3.40. The Bertz CT molecular complexity index is 853. The molecule has 2 N–H and O–H groups in total. The van der Waals surface area contributed by atoms with Crippen LogP contribution in [0.25, 0.3) is 0 Å². The van der Waals surface area contributed by atoms with Crippen LogP contribution in [0.5, 0.6) is 0 Å². The number of aryl methyl sites for hydroxylation is 1. The molecule has 130 valence electrons. The number of nitrogens with one attached hydrogen (secondary N) is 2. The first-order chi connectivity index (χ1) is 12.6. The van der Waals surface area contributed by atoms with E-state index in [-0.39, 0.29) is 11.8 Å². The summed E-state index contributed by atoms with van der Waals surface area (Å²) < 4.78 is 0. The van der Waals surface area contributed by atoms with E-state index in [0.717, 1.165) is 16.7 Å². The van der Waals surface area contributed by atoms with Gasteiger partial charge in [-0.05, 0) is 30.2 Å². The molecule has 0 aliphatic carbocycles. The van der Waals surface area contributed by atoms with Gasteiger partial charge in [0.2, 0.25) is 5.91 Å². The van der Waals surface area contributed by atoms with Crippen molar-refractivity contribution in [3.63, 3.8) is 0 Å². The van der Waals surface area contributed by atoms with Gasteiger partial charge in [0.25, 0.3) is 5.91 Å². The zero-order chi connectivity index (χ0) is 18.4. The van der Waals surface area contributed by atoms with Gasteiger partial charge < -0.3 is 0 Å². The Labute approximate surface area is 152 Å². The van der Waals surface area contributed by atoms with Gasteiger partial charge in [-0.25, -0.2) is 0 Å². The number of amides is 2. The quantitative estimate of drug-likeness (QED) is 0.711. The van der Waals surface area contributed by atoms with E-state index in [1.54, 1.807) is 12.1 Å². The van der Waals surface area contributed by atoms with Crippen LogP contribution in [0.2, 0.25) is 0 Å². The van der Waals surface area contributed by atoms with Crippen LogP contribution in [0.3, 0.4) is 0 Å². The van der Waals surface area contributed by atoms with Crippen LogP contribution in [0.1, 0.15) is 33.0 Å². The van der Waals surface area contributed by atoms with Gasteiger partial charge in [0, 0.05) is 5.56 Å². The Morgan fingerprint density at radius 3 is 1.85 bits per heavy atom. The summed E-state index contributed by atoms with van der Waals surface area (Å²) in [5.41, 5.74) is 8.27. The van der Waals surface area contributed by atoms with Gasteiger partial charge in [-0.3, -0.25) is 20.4 Å². The van der Waals surface area contributed by atoms with Crippen molar-refractivity contribution in [2.24, 2.45) is 0 Å². The van der Waals surface area contributed by atoms with Crippen LogP contribution in [0, 0.1) is 6.92 Å². The van der Waals surface area contributed by atoms with E-state index in [4.69, 9.17) is 0 Å². The molecule has 0 spiro atoms. The fraction of sp³-hybridized carbons (Fsp3) is 0.0909. The van der Waals surface area contributed by atoms with Crippen LogP contribution >= 0.6 is 0 Å². The highest BCUT2D eigenvalue weighted by molar-refractivity contribution is 5.96. The molecule has 3 aromatic rings. The summed E-state index contributed by atoms with van der Waals surface area (Å²) in [4.78, 5) is 25.1. The van der Waals surface area contributed by atoms with Crippen LogP contribution in [-0.2, 0) is 4.79 Å². The maximum Gasteiger partial charge on any atom is 0.269 e. The summed E-state index contributed by atoms with van der Waals surface area (Å²) in [5, 5.41) is 0. The zero-order valence-electron chi connectivity index (χ0n) is 14.5. The maximum atomic E-state index is 12.8. The van der Waals surface area contributed by atoms with E-state index < -0.39 is 5.92 Å². The van der Waals surface area contributed by atoms with Crippen molar-refractivity contribution in [1.82, 2.24) is 10.9 Å². The third kappa shape index (κ3) is 4.16. The summed E-state index contributed by atoms with van der Waals surface area (Å²) in [7, 11) is 0. The van der Waals surface area contributed by atoms with Crippen molar-refractivity contribution >= 4 is 11.8 Å². The van der Waals surface area contributed by atoms with E-state index in [0.29, 0.717) is 5.56 Å². The molecule has 3 rings (SSSR count). The minimum absolute atomic E-state index is 0.289. The van der Waals surface area contributed by atoms with Crippen LogP contribution in [-0.4, -0.2) is 11.8 Å². The van der Waals surface area contributed by atoms with Gasteiger partial charge in [0.05, 0.1) is 5.92 Å². The second-order valence-electron chi connectivity index (χ2n) is 6.07. The topological polar surface area (TPSA) is 58.2 Å². The summed E-state index contributed by atoms with van der Waals surface area (Å²) in [6.45, 7) is 1.91. The van der Waals surface area contributed by atoms with Gasteiger partial charge in [-0.2, -0.15) is 0 Å². The SMILES string of the molecule is Cc1cccc(C(=O)NNC(=O)C(c2ccccc2)c2ccccc2)c1. The number of rotatable bonds is 4. The molecule has 0 unspecified atom stereocenters. The lowest BCUT2D eigenvalue weighted by Gasteiger charge is -2.18. The number of hydrogen-bond donors (Lipinski definition) is 2. The van der Waals surface area contributed by atoms with Gasteiger partial charge in [0.1, 0.15) is 0 Å². The van der Waals surface area contributed by atoms with E-state index in [1.165, 1.54) is 0 Å². The van der Waals surface area contributed by atoms with Gasteiger partial charge in [-0.15, -0.1) is 0 Å². The summed E-state index contributed by atoms with van der Waals surface area (Å²) in [6.07, 6.45) is 0. The first-order valence-corrected chi connectivity index (χ1v) is 8.42. The van der Waals surface area contributed by atoms with Crippen LogP contribution < -0.4 is 10.9 Å². The van der Waals surface area contributed by atoms with Crippen molar-refractivity contribution < 1.29 is 9.59 Å². The monoisotopic (exact) mass is 344 g/mol. The fourth-order valence-electron chi connectivity index (χ4n) is 2.84. The molecular formula is C22H20N2O2. The molecule has 0 fully saturated rings. The number of benzene rings is 3. The molecule has 0 aromatic heterocycles. The molecule has 26 heavy (non-hydrogen) atoms. The Balaban J connectivity index is 1.77. The molecule has 0 saturated carbocycles. The zero-order valence-corrected chi connectivity index (χ0v) is 14.5. The molecule has 0 heterocycles. The van der Waals surface area contributed by atoms with E-state index in [2.05, 4.69) is 10.9 Å². The number of hydrazine groups is 1. The average Bonchev–Trinajstić information content (AvgIpc) is 2.68. The lowest BCUT2D eigenvalue weighted by Crippen LogP contribution is -2.44. The number of carbonyl (C=O) groups is 2. The van der Waals surface area contributed by atoms with Crippen molar-refractivity contribution in [3.05, 3.63) is 107 Å². The molecule has 3 aromatic carbocycles. The van der Waals surface area contributed by atoms with Gasteiger partial charge in [0.15, 0.2) is 0 Å². The third-order valence-electron chi connectivity index (χ3n) is 4.11. The summed E-state index contributed by atoms with van der Waals surface area (Å²) in [6, 6.07) is 26.2. The van der Waals surface area contributed by atoms with Crippen LogP contribution in [0.4, 0.5) is 0 Å². The Morgan fingerprint density at radius 2 is 1.31 bits per heavy atom. The Kier molecular flexibility index (Phi) is 5.44. The molecular weight excluding hydrogens is 324 g/mol. The summed E-state index contributed by atoms with van der Waals surface area (Å²) >= 11 is 0. The molecule has 0 saturated heterocycles. The minimum atomic E-state index is -0.504. The van der Waals surface area contributed by atoms with Crippen molar-refractivity contribution in [1.29, 1.82) is 0 Å².